The minimum absolute atomic E-state index is 0.452. The van der Waals surface area contributed by atoms with Crippen molar-refractivity contribution in [3.05, 3.63) is 89.5 Å². The zero-order chi connectivity index (χ0) is 39.4. The second-order valence-electron chi connectivity index (χ2n) is 14.0. The van der Waals surface area contributed by atoms with Crippen molar-refractivity contribution >= 4 is 7.82 Å². The van der Waals surface area contributed by atoms with Gasteiger partial charge in [-0.2, -0.15) is 0 Å². The van der Waals surface area contributed by atoms with E-state index < -0.39 is 7.82 Å². The number of aromatic hydroxyl groups is 3. The lowest BCUT2D eigenvalue weighted by Gasteiger charge is -2.04. The van der Waals surface area contributed by atoms with Crippen molar-refractivity contribution in [3.63, 3.8) is 0 Å². The van der Waals surface area contributed by atoms with Gasteiger partial charge in [0.05, 0.1) is 0 Å². The molecule has 0 unspecified atom stereocenters. The third-order valence-electron chi connectivity index (χ3n) is 9.12. The van der Waals surface area contributed by atoms with E-state index in [-0.39, 0.29) is 0 Å². The van der Waals surface area contributed by atoms with E-state index in [1.165, 1.54) is 135 Å². The quantitative estimate of drug-likeness (QED) is 0.0395. The molecule has 3 aromatic carbocycles. The summed E-state index contributed by atoms with van der Waals surface area (Å²) in [7, 11) is -4.64. The molecular formula is C45H75O7P. The fourth-order valence-electron chi connectivity index (χ4n) is 5.98. The molecule has 0 aromatic heterocycles. The Bertz CT molecular complexity index is 1140. The van der Waals surface area contributed by atoms with Gasteiger partial charge in [0.15, 0.2) is 0 Å². The molecule has 3 aromatic rings. The summed E-state index contributed by atoms with van der Waals surface area (Å²) in [5, 5.41) is 28.7. The highest BCUT2D eigenvalue weighted by atomic mass is 31.2. The van der Waals surface area contributed by atoms with Crippen molar-refractivity contribution in [1.29, 1.82) is 0 Å². The molecule has 8 heteroatoms. The molecule has 3 rings (SSSR count). The van der Waals surface area contributed by atoms with Crippen molar-refractivity contribution < 1.29 is 34.6 Å². The summed E-state index contributed by atoms with van der Waals surface area (Å²) in [6.45, 7) is 6.74. The molecule has 0 aliphatic carbocycles. The molecule has 0 saturated carbocycles. The molecule has 0 bridgehead atoms. The number of rotatable bonds is 24. The van der Waals surface area contributed by atoms with Gasteiger partial charge in [0.2, 0.25) is 0 Å². The molecule has 0 saturated heterocycles. The normalized spacial score (nSPS) is 10.7. The van der Waals surface area contributed by atoms with E-state index in [2.05, 4.69) is 20.8 Å². The van der Waals surface area contributed by atoms with Crippen LogP contribution in [0.3, 0.4) is 0 Å². The number of para-hydroxylation sites is 3. The Balaban J connectivity index is 0.000000718. The number of benzene rings is 3. The summed E-state index contributed by atoms with van der Waals surface area (Å²) in [5.74, 6) is 1.36. The molecule has 0 fully saturated rings. The van der Waals surface area contributed by atoms with Crippen LogP contribution < -0.4 is 0 Å². The maximum Gasteiger partial charge on any atom is 0.466 e. The lowest BCUT2D eigenvalue weighted by Crippen LogP contribution is -1.87. The lowest BCUT2D eigenvalue weighted by atomic mass is 10.0. The van der Waals surface area contributed by atoms with Crippen LogP contribution in [0.4, 0.5) is 0 Å². The predicted octanol–water partition coefficient (Wildman–Crippen LogP) is 13.1. The van der Waals surface area contributed by atoms with Crippen LogP contribution in [-0.2, 0) is 23.8 Å². The topological polar surface area (TPSA) is 138 Å². The molecule has 6 N–H and O–H groups in total. The number of unbranched alkanes of at least 4 members (excludes halogenated alkanes) is 18. The summed E-state index contributed by atoms with van der Waals surface area (Å²) < 4.78 is 8.88. The van der Waals surface area contributed by atoms with Crippen LogP contribution in [0.1, 0.15) is 172 Å². The Kier molecular flexibility index (Phi) is 33.0. The monoisotopic (exact) mass is 759 g/mol. The average Bonchev–Trinajstić information content (AvgIpc) is 3.12. The van der Waals surface area contributed by atoms with Crippen molar-refractivity contribution in [1.82, 2.24) is 0 Å². The van der Waals surface area contributed by atoms with Gasteiger partial charge in [-0.05, 0) is 73.4 Å². The molecule has 0 aliphatic rings. The molecule has 0 spiro atoms. The molecule has 0 radical (unpaired) electrons. The fraction of sp³-hybridized carbons (Fsp3) is 0.600. The smallest absolute Gasteiger partial charge is 0.466 e. The fourth-order valence-corrected chi connectivity index (χ4v) is 5.98. The van der Waals surface area contributed by atoms with Gasteiger partial charge in [-0.1, -0.05) is 191 Å². The molecule has 7 nitrogen and oxygen atoms in total. The van der Waals surface area contributed by atoms with Crippen LogP contribution in [-0.4, -0.2) is 30.0 Å². The average molecular weight is 759 g/mol. The second-order valence-corrected chi connectivity index (χ2v) is 15.0. The number of phosphoric acid groups is 1. The third-order valence-corrected chi connectivity index (χ3v) is 9.12. The Labute approximate surface area is 323 Å². The first kappa shape index (κ1) is 50.2. The van der Waals surface area contributed by atoms with Gasteiger partial charge in [0, 0.05) is 0 Å². The van der Waals surface area contributed by atoms with Crippen LogP contribution >= 0.6 is 7.82 Å². The molecule has 302 valence electrons. The Hall–Kier alpha value is -2.83. The summed E-state index contributed by atoms with van der Waals surface area (Å²) in [6.07, 6.45) is 30.9. The molecular weight excluding hydrogens is 683 g/mol. The molecule has 0 atom stereocenters. The largest absolute Gasteiger partial charge is 0.508 e. The van der Waals surface area contributed by atoms with E-state index in [0.717, 1.165) is 36.0 Å². The molecule has 0 amide bonds. The lowest BCUT2D eigenvalue weighted by molar-refractivity contribution is 0.275. The number of hydrogen-bond donors (Lipinski definition) is 6. The van der Waals surface area contributed by atoms with E-state index in [1.807, 2.05) is 54.6 Å². The first-order chi connectivity index (χ1) is 25.5. The highest BCUT2D eigenvalue weighted by Gasteiger charge is 2.02. The summed E-state index contributed by atoms with van der Waals surface area (Å²) in [6, 6.07) is 23.0. The van der Waals surface area contributed by atoms with E-state index in [0.29, 0.717) is 17.2 Å². The van der Waals surface area contributed by atoms with Crippen molar-refractivity contribution in [3.8, 4) is 17.2 Å². The van der Waals surface area contributed by atoms with Gasteiger partial charge in [0.25, 0.3) is 0 Å². The minimum Gasteiger partial charge on any atom is -0.508 e. The van der Waals surface area contributed by atoms with Crippen LogP contribution in [0.5, 0.6) is 17.2 Å². The zero-order valence-corrected chi connectivity index (χ0v) is 34.3. The third kappa shape index (κ3) is 33.5. The number of phenolic OH excluding ortho intramolecular Hbond substituents is 3. The number of hydrogen-bond acceptors (Lipinski definition) is 4. The van der Waals surface area contributed by atoms with Crippen LogP contribution in [0.15, 0.2) is 72.8 Å². The van der Waals surface area contributed by atoms with E-state index in [9.17, 15) is 15.3 Å². The first-order valence-electron chi connectivity index (χ1n) is 20.6. The Morgan fingerprint density at radius 2 is 0.547 bits per heavy atom. The summed E-state index contributed by atoms with van der Waals surface area (Å²) in [5.41, 5.74) is 3.28. The SMILES string of the molecule is CCCCCCCCCc1ccccc1O.CCCCCCCCCc1ccccc1O.CCCCCCCCCc1ccccc1O.O=P(O)(O)O. The maximum atomic E-state index is 9.58. The van der Waals surface area contributed by atoms with E-state index >= 15 is 0 Å². The van der Waals surface area contributed by atoms with Gasteiger partial charge < -0.3 is 30.0 Å². The Morgan fingerprint density at radius 1 is 0.358 bits per heavy atom. The van der Waals surface area contributed by atoms with Gasteiger partial charge in [0.1, 0.15) is 17.2 Å². The highest BCUT2D eigenvalue weighted by molar-refractivity contribution is 7.45. The second kappa shape index (κ2) is 34.9. The van der Waals surface area contributed by atoms with Gasteiger partial charge >= 0.3 is 7.82 Å². The number of phenols is 3. The van der Waals surface area contributed by atoms with Gasteiger partial charge in [-0.25, -0.2) is 4.57 Å². The maximum absolute atomic E-state index is 9.58. The predicted molar refractivity (Wildman–Crippen MR) is 224 cm³/mol. The highest BCUT2D eigenvalue weighted by Crippen LogP contribution is 2.26. The van der Waals surface area contributed by atoms with Gasteiger partial charge in [-0.3, -0.25) is 0 Å². The standard InChI is InChI=1S/3C15H24O.H3O4P/c3*1-2-3-4-5-6-7-8-11-14-12-9-10-13-15(14)16;1-5(2,3)4/h3*9-10,12-13,16H,2-8,11H2,1H3;(H3,1,2,3,4). The molecule has 53 heavy (non-hydrogen) atoms. The van der Waals surface area contributed by atoms with Crippen molar-refractivity contribution in [2.24, 2.45) is 0 Å². The van der Waals surface area contributed by atoms with Crippen LogP contribution in [0, 0.1) is 0 Å². The Morgan fingerprint density at radius 3 is 0.755 bits per heavy atom. The molecule has 0 aliphatic heterocycles. The minimum atomic E-state index is -4.64. The van der Waals surface area contributed by atoms with Crippen molar-refractivity contribution in [2.75, 3.05) is 0 Å². The zero-order valence-electron chi connectivity index (χ0n) is 33.4. The van der Waals surface area contributed by atoms with Gasteiger partial charge in [-0.15, -0.1) is 0 Å². The van der Waals surface area contributed by atoms with E-state index in [1.54, 1.807) is 18.2 Å². The van der Waals surface area contributed by atoms with E-state index in [4.69, 9.17) is 19.2 Å². The number of aryl methyl sites for hydroxylation is 3. The summed E-state index contributed by atoms with van der Waals surface area (Å²) >= 11 is 0. The molecule has 0 heterocycles. The van der Waals surface area contributed by atoms with Crippen LogP contribution in [0.25, 0.3) is 0 Å². The van der Waals surface area contributed by atoms with Crippen LogP contribution in [0.2, 0.25) is 0 Å². The van der Waals surface area contributed by atoms with Crippen molar-refractivity contribution in [2.45, 2.75) is 175 Å². The summed E-state index contributed by atoms with van der Waals surface area (Å²) in [4.78, 5) is 21.6. The first-order valence-corrected chi connectivity index (χ1v) is 22.2.